The van der Waals surface area contributed by atoms with Gasteiger partial charge in [-0.05, 0) is 55.5 Å². The van der Waals surface area contributed by atoms with Crippen molar-refractivity contribution < 1.29 is 72.1 Å². The van der Waals surface area contributed by atoms with Gasteiger partial charge in [-0.1, -0.05) is 60.2 Å². The largest absolute Gasteiger partial charge is 0.438 e. The molecule has 2 atom stereocenters. The van der Waals surface area contributed by atoms with E-state index in [1.807, 2.05) is 36.1 Å². The molecule has 1 aliphatic carbocycles. The summed E-state index contributed by atoms with van der Waals surface area (Å²) in [5, 5.41) is 11.0. The van der Waals surface area contributed by atoms with Crippen molar-refractivity contribution in [2.45, 2.75) is 38.1 Å². The average Bonchev–Trinajstić information content (AvgIpc) is 3.65. The molecule has 2 aliphatic rings. The summed E-state index contributed by atoms with van der Waals surface area (Å²) in [6.45, 7) is 6.74. The van der Waals surface area contributed by atoms with Crippen LogP contribution in [0.4, 0.5) is 4.79 Å². The Morgan fingerprint density at radius 3 is 2.35 bits per heavy atom. The van der Waals surface area contributed by atoms with Crippen LogP contribution in [0.2, 0.25) is 0 Å². The third-order valence-electron chi connectivity index (χ3n) is 6.02. The first-order chi connectivity index (χ1) is 17.2. The summed E-state index contributed by atoms with van der Waals surface area (Å²) in [4.78, 5) is 14.6. The van der Waals surface area contributed by atoms with Crippen molar-refractivity contribution in [2.75, 3.05) is 13.1 Å². The van der Waals surface area contributed by atoms with Gasteiger partial charge in [0.25, 0.3) is 0 Å². The Hall–Kier alpha value is -2.26. The van der Waals surface area contributed by atoms with Crippen LogP contribution in [0.1, 0.15) is 44.7 Å². The zero-order chi connectivity index (χ0) is 24.5. The molecule has 2 heterocycles. The Bertz CT molecular complexity index is 1170. The Balaban J connectivity index is -0.00000154. The van der Waals surface area contributed by atoms with Gasteiger partial charge in [0.05, 0.1) is 0 Å². The van der Waals surface area contributed by atoms with E-state index in [0.717, 1.165) is 43.7 Å². The van der Waals surface area contributed by atoms with Gasteiger partial charge < -0.3 is 26.6 Å². The Morgan fingerprint density at radius 2 is 1.73 bits per heavy atom. The van der Waals surface area contributed by atoms with E-state index in [2.05, 4.69) is 58.5 Å². The number of carbonyl (C=O) groups is 1. The van der Waals surface area contributed by atoms with Crippen molar-refractivity contribution in [2.24, 2.45) is 0 Å². The summed E-state index contributed by atoms with van der Waals surface area (Å²) in [7, 11) is 0. The van der Waals surface area contributed by atoms with E-state index in [0.29, 0.717) is 11.8 Å². The summed E-state index contributed by atoms with van der Waals surface area (Å²) in [5.74, 6) is 1.66. The number of benzene rings is 2. The molecular formula is C29H39N5O3V3. The molecule has 2 fully saturated rings. The zero-order valence-corrected chi connectivity index (χ0v) is 26.9. The number of piperidine rings is 1. The van der Waals surface area contributed by atoms with Gasteiger partial charge in [-0.3, -0.25) is 0 Å². The molecule has 8 nitrogen and oxygen atoms in total. The minimum absolute atomic E-state index is 0. The van der Waals surface area contributed by atoms with E-state index in [1.54, 1.807) is 24.4 Å². The van der Waals surface area contributed by atoms with Crippen molar-refractivity contribution in [3.63, 3.8) is 0 Å². The minimum Gasteiger partial charge on any atom is -0.438 e. The number of urea groups is 1. The monoisotopic (exact) mass is 658 g/mol. The van der Waals surface area contributed by atoms with Crippen LogP contribution in [-0.4, -0.2) is 45.7 Å². The third-order valence-corrected chi connectivity index (χ3v) is 6.02. The van der Waals surface area contributed by atoms with Crippen molar-refractivity contribution in [1.29, 1.82) is 0 Å². The van der Waals surface area contributed by atoms with Crippen LogP contribution in [0.3, 0.4) is 0 Å². The molecule has 1 saturated heterocycles. The molecule has 1 saturated carbocycles. The number of allylic oxidation sites excluding steroid dienone is 1. The molecule has 0 bridgehead atoms. The van der Waals surface area contributed by atoms with Gasteiger partial charge in [-0.2, -0.15) is 5.10 Å². The van der Waals surface area contributed by atoms with E-state index in [-0.39, 0.29) is 80.8 Å². The fourth-order valence-electron chi connectivity index (χ4n) is 4.18. The molecule has 3 radical (unpaired) electrons. The van der Waals surface area contributed by atoms with Crippen molar-refractivity contribution in [3.05, 3.63) is 102 Å². The van der Waals surface area contributed by atoms with Crippen LogP contribution in [-0.2, 0) is 55.7 Å². The molecule has 2 amide bonds. The number of aromatic nitrogens is 2. The molecule has 40 heavy (non-hydrogen) atoms. The van der Waals surface area contributed by atoms with E-state index >= 15 is 0 Å². The SMILES string of the molecule is C=CC.N.O.O=C(NC1CC1c1ccccc1)N1CCC(=Cc2cccc(Oc3cccnn3)c2)CC1.[HH].[V].[V].[V]. The van der Waals surface area contributed by atoms with Crippen LogP contribution in [0.25, 0.3) is 6.08 Å². The molecule has 5 rings (SSSR count). The van der Waals surface area contributed by atoms with Crippen molar-refractivity contribution in [1.82, 2.24) is 26.6 Å². The Morgan fingerprint density at radius 1 is 1.05 bits per heavy atom. The average molecular weight is 658 g/mol. The summed E-state index contributed by atoms with van der Waals surface area (Å²) >= 11 is 0. The molecule has 1 aromatic heterocycles. The van der Waals surface area contributed by atoms with E-state index in [1.165, 1.54) is 11.1 Å². The number of likely N-dealkylation sites (tertiary alicyclic amines) is 1. The fraction of sp³-hybridized carbons (Fsp3) is 0.276. The molecule has 2 aromatic carbocycles. The summed E-state index contributed by atoms with van der Waals surface area (Å²) in [6.07, 6.45) is 8.37. The predicted molar refractivity (Wildman–Crippen MR) is 150 cm³/mol. The van der Waals surface area contributed by atoms with E-state index in [9.17, 15) is 4.79 Å². The second kappa shape index (κ2) is 20.6. The molecule has 213 valence electrons. The zero-order valence-electron chi connectivity index (χ0n) is 22.7. The van der Waals surface area contributed by atoms with Crippen LogP contribution < -0.4 is 16.2 Å². The Kier molecular flexibility index (Phi) is 20.5. The number of rotatable bonds is 5. The van der Waals surface area contributed by atoms with Crippen LogP contribution in [0, 0.1) is 0 Å². The first kappa shape index (κ1) is 39.9. The maximum absolute atomic E-state index is 12.7. The number of hydrogen-bond acceptors (Lipinski definition) is 5. The normalized spacial score (nSPS) is 16.2. The molecule has 0 spiro atoms. The second-order valence-corrected chi connectivity index (χ2v) is 8.74. The van der Waals surface area contributed by atoms with Gasteiger partial charge in [0.2, 0.25) is 5.88 Å². The summed E-state index contributed by atoms with van der Waals surface area (Å²) < 4.78 is 5.78. The topological polar surface area (TPSA) is 134 Å². The van der Waals surface area contributed by atoms with Crippen molar-refractivity contribution >= 4 is 12.1 Å². The van der Waals surface area contributed by atoms with Gasteiger partial charge in [-0.25, -0.2) is 4.79 Å². The molecule has 6 N–H and O–H groups in total. The molecule has 2 unspecified atom stereocenters. The number of nitrogens with one attached hydrogen (secondary N) is 1. The molecule has 11 heteroatoms. The first-order valence-corrected chi connectivity index (χ1v) is 12.1. The summed E-state index contributed by atoms with van der Waals surface area (Å²) in [6, 6.07) is 22.3. The Labute approximate surface area is 274 Å². The predicted octanol–water partition coefficient (Wildman–Crippen LogP) is 5.78. The quantitative estimate of drug-likeness (QED) is 0.336. The number of hydrogen-bond donors (Lipinski definition) is 2. The molecule has 3 aromatic rings. The fourth-order valence-corrected chi connectivity index (χ4v) is 4.18. The standard InChI is InChI=1S/C26H26N4O2.C3H6.H3N.H2O.3V.H2/c31-26(28-24-18-23(24)21-7-2-1-3-8-21)30-14-11-19(12-15-30)16-20-6-4-9-22(17-20)32-25-10-5-13-27-29-25;1-3-2;;;;;;/h1-10,13,16-17,23-24H,11-12,14-15,18H2,(H,28,31);3H,1H2,2H3;1H3;1H2;;;;1H. The van der Waals surface area contributed by atoms with Crippen molar-refractivity contribution in [3.8, 4) is 11.6 Å². The van der Waals surface area contributed by atoms with E-state index in [4.69, 9.17) is 4.74 Å². The number of amides is 2. The maximum Gasteiger partial charge on any atom is 0.317 e. The number of nitrogens with zero attached hydrogens (tertiary/aromatic N) is 3. The molecule has 1 aliphatic heterocycles. The van der Waals surface area contributed by atoms with Gasteiger partial charge in [0, 0.05) is 94.4 Å². The first-order valence-electron chi connectivity index (χ1n) is 12.1. The van der Waals surface area contributed by atoms with E-state index < -0.39 is 0 Å². The number of carbonyl (C=O) groups excluding carboxylic acids is 1. The second-order valence-electron chi connectivity index (χ2n) is 8.74. The third kappa shape index (κ3) is 12.1. The molecular weight excluding hydrogens is 619 g/mol. The minimum atomic E-state index is 0. The van der Waals surface area contributed by atoms with Crippen LogP contribution in [0.15, 0.2) is 91.2 Å². The number of ether oxygens (including phenoxy) is 1. The van der Waals surface area contributed by atoms with Crippen LogP contribution >= 0.6 is 0 Å². The van der Waals surface area contributed by atoms with Crippen LogP contribution in [0.5, 0.6) is 11.6 Å². The maximum atomic E-state index is 12.7. The smallest absolute Gasteiger partial charge is 0.317 e. The van der Waals surface area contributed by atoms with Gasteiger partial charge in [-0.15, -0.1) is 11.7 Å². The van der Waals surface area contributed by atoms with Gasteiger partial charge in [0.1, 0.15) is 5.75 Å². The van der Waals surface area contributed by atoms with Gasteiger partial charge in [0.15, 0.2) is 0 Å². The summed E-state index contributed by atoms with van der Waals surface area (Å²) in [5.41, 5.74) is 3.74. The van der Waals surface area contributed by atoms with Gasteiger partial charge >= 0.3 is 6.03 Å².